The SMILES string of the molecule is CC(C)CC(NC(=O)C(NC(=O)CNC(=O)C(N)C(C)O)C(C)O)C(=O)O. The molecule has 0 saturated heterocycles. The molecule has 0 heterocycles. The minimum absolute atomic E-state index is 0.000622. The van der Waals surface area contributed by atoms with Crippen molar-refractivity contribution < 1.29 is 34.5 Å². The third-order valence-corrected chi connectivity index (χ3v) is 3.65. The monoisotopic (exact) mass is 390 g/mol. The maximum atomic E-state index is 12.3. The molecule has 0 aromatic carbocycles. The van der Waals surface area contributed by atoms with Crippen molar-refractivity contribution in [2.75, 3.05) is 6.54 Å². The van der Waals surface area contributed by atoms with Gasteiger partial charge < -0.3 is 37.0 Å². The Labute approximate surface area is 157 Å². The zero-order valence-corrected chi connectivity index (χ0v) is 15.9. The largest absolute Gasteiger partial charge is 0.480 e. The topological polar surface area (TPSA) is 191 Å². The van der Waals surface area contributed by atoms with Gasteiger partial charge >= 0.3 is 5.97 Å². The summed E-state index contributed by atoms with van der Waals surface area (Å²) in [5, 5.41) is 34.8. The predicted molar refractivity (Wildman–Crippen MR) is 95.3 cm³/mol. The molecule has 5 unspecified atom stereocenters. The summed E-state index contributed by atoms with van der Waals surface area (Å²) in [6.45, 7) is 5.61. The first-order chi connectivity index (χ1) is 12.4. The molecule has 0 aromatic heterocycles. The molecule has 0 aliphatic heterocycles. The van der Waals surface area contributed by atoms with Crippen molar-refractivity contribution in [2.24, 2.45) is 11.7 Å². The molecule has 0 aromatic rings. The highest BCUT2D eigenvalue weighted by molar-refractivity contribution is 5.92. The van der Waals surface area contributed by atoms with Crippen LogP contribution in [-0.2, 0) is 19.2 Å². The lowest BCUT2D eigenvalue weighted by Crippen LogP contribution is -2.57. The second kappa shape index (κ2) is 11.5. The zero-order chi connectivity index (χ0) is 21.3. The van der Waals surface area contributed by atoms with Gasteiger partial charge in [-0.25, -0.2) is 4.79 Å². The molecule has 0 rings (SSSR count). The third-order valence-electron chi connectivity index (χ3n) is 3.65. The maximum Gasteiger partial charge on any atom is 0.326 e. The van der Waals surface area contributed by atoms with E-state index in [9.17, 15) is 34.5 Å². The Bertz CT molecular complexity index is 537. The second-order valence-corrected chi connectivity index (χ2v) is 6.80. The van der Waals surface area contributed by atoms with Gasteiger partial charge in [0.05, 0.1) is 18.8 Å². The van der Waals surface area contributed by atoms with Crippen molar-refractivity contribution in [1.82, 2.24) is 16.0 Å². The van der Waals surface area contributed by atoms with E-state index >= 15 is 0 Å². The summed E-state index contributed by atoms with van der Waals surface area (Å²) in [5.74, 6) is -3.65. The van der Waals surface area contributed by atoms with Crippen LogP contribution in [0.3, 0.4) is 0 Å². The number of nitrogens with two attached hydrogens (primary N) is 1. The number of carboxylic acids is 1. The third kappa shape index (κ3) is 9.31. The molecule has 0 aliphatic carbocycles. The average Bonchev–Trinajstić information content (AvgIpc) is 2.54. The quantitative estimate of drug-likeness (QED) is 0.198. The van der Waals surface area contributed by atoms with Gasteiger partial charge in [-0.15, -0.1) is 0 Å². The van der Waals surface area contributed by atoms with Crippen molar-refractivity contribution >= 4 is 23.7 Å². The highest BCUT2D eigenvalue weighted by atomic mass is 16.4. The van der Waals surface area contributed by atoms with E-state index in [2.05, 4.69) is 16.0 Å². The number of hydrogen-bond donors (Lipinski definition) is 7. The minimum Gasteiger partial charge on any atom is -0.480 e. The molecule has 0 saturated carbocycles. The molecule has 27 heavy (non-hydrogen) atoms. The van der Waals surface area contributed by atoms with Crippen molar-refractivity contribution in [1.29, 1.82) is 0 Å². The molecule has 0 fully saturated rings. The number of nitrogens with one attached hydrogen (secondary N) is 3. The zero-order valence-electron chi connectivity index (χ0n) is 15.9. The van der Waals surface area contributed by atoms with Gasteiger partial charge in [0.1, 0.15) is 18.1 Å². The summed E-state index contributed by atoms with van der Waals surface area (Å²) in [4.78, 5) is 47.0. The van der Waals surface area contributed by atoms with E-state index in [0.29, 0.717) is 0 Å². The first kappa shape index (κ1) is 24.8. The molecule has 11 nitrogen and oxygen atoms in total. The molecular formula is C16H30N4O7. The Morgan fingerprint density at radius 3 is 1.89 bits per heavy atom. The van der Waals surface area contributed by atoms with Gasteiger partial charge in [-0.2, -0.15) is 0 Å². The normalized spacial score (nSPS) is 16.6. The van der Waals surface area contributed by atoms with E-state index in [1.54, 1.807) is 13.8 Å². The summed E-state index contributed by atoms with van der Waals surface area (Å²) >= 11 is 0. The van der Waals surface area contributed by atoms with E-state index in [1.807, 2.05) is 0 Å². The molecule has 156 valence electrons. The number of carbonyl (C=O) groups excluding carboxylic acids is 3. The van der Waals surface area contributed by atoms with Crippen molar-refractivity contribution in [3.05, 3.63) is 0 Å². The fourth-order valence-corrected chi connectivity index (χ4v) is 2.09. The highest BCUT2D eigenvalue weighted by Gasteiger charge is 2.30. The molecule has 5 atom stereocenters. The lowest BCUT2D eigenvalue weighted by Gasteiger charge is -2.24. The van der Waals surface area contributed by atoms with Crippen LogP contribution in [0.15, 0.2) is 0 Å². The molecular weight excluding hydrogens is 360 g/mol. The van der Waals surface area contributed by atoms with Crippen molar-refractivity contribution in [2.45, 2.75) is 64.4 Å². The Hall–Kier alpha value is -2.24. The maximum absolute atomic E-state index is 12.3. The standard InChI is InChI=1S/C16H30N4O7/c1-7(2)5-10(16(26)27)19-15(25)13(9(4)22)20-11(23)6-18-14(24)12(17)8(3)21/h7-10,12-13,21-22H,5-6,17H2,1-4H3,(H,18,24)(H,19,25)(H,20,23)(H,26,27). The number of carbonyl (C=O) groups is 4. The lowest BCUT2D eigenvalue weighted by molar-refractivity contribution is -0.143. The number of carboxylic acid groups (broad SMARTS) is 1. The average molecular weight is 390 g/mol. The second-order valence-electron chi connectivity index (χ2n) is 6.80. The lowest BCUT2D eigenvalue weighted by atomic mass is 10.0. The van der Waals surface area contributed by atoms with E-state index in [1.165, 1.54) is 13.8 Å². The van der Waals surface area contributed by atoms with Crippen molar-refractivity contribution in [3.63, 3.8) is 0 Å². The Kier molecular flexibility index (Phi) is 10.5. The van der Waals surface area contributed by atoms with Crippen molar-refractivity contribution in [3.8, 4) is 0 Å². The summed E-state index contributed by atoms with van der Waals surface area (Å²) in [6, 6.07) is -3.80. The molecule has 8 N–H and O–H groups in total. The molecule has 0 bridgehead atoms. The van der Waals surface area contributed by atoms with Gasteiger partial charge in [-0.05, 0) is 26.2 Å². The Morgan fingerprint density at radius 1 is 0.926 bits per heavy atom. The number of aliphatic hydroxyl groups excluding tert-OH is 2. The van der Waals surface area contributed by atoms with Crippen LogP contribution >= 0.6 is 0 Å². The van der Waals surface area contributed by atoms with Gasteiger partial charge in [-0.1, -0.05) is 13.8 Å². The number of aliphatic hydroxyl groups is 2. The van der Waals surface area contributed by atoms with E-state index in [4.69, 9.17) is 5.73 Å². The number of aliphatic carboxylic acids is 1. The summed E-state index contributed by atoms with van der Waals surface area (Å²) in [6.07, 6.45) is -2.25. The van der Waals surface area contributed by atoms with Gasteiger partial charge in [0, 0.05) is 0 Å². The molecule has 0 aliphatic rings. The Morgan fingerprint density at radius 2 is 1.48 bits per heavy atom. The van der Waals surface area contributed by atoms with Crippen LogP contribution in [0.5, 0.6) is 0 Å². The van der Waals surface area contributed by atoms with Crippen LogP contribution in [0.25, 0.3) is 0 Å². The first-order valence-electron chi connectivity index (χ1n) is 8.58. The fraction of sp³-hybridized carbons (Fsp3) is 0.750. The van der Waals surface area contributed by atoms with Crippen LogP contribution < -0.4 is 21.7 Å². The van der Waals surface area contributed by atoms with Crippen LogP contribution in [0.1, 0.15) is 34.1 Å². The predicted octanol–water partition coefficient (Wildman–Crippen LogP) is -2.71. The van der Waals surface area contributed by atoms with Gasteiger partial charge in [0.25, 0.3) is 0 Å². The van der Waals surface area contributed by atoms with Gasteiger partial charge in [-0.3, -0.25) is 14.4 Å². The Balaban J connectivity index is 4.83. The first-order valence-corrected chi connectivity index (χ1v) is 8.58. The van der Waals surface area contributed by atoms with Crippen LogP contribution in [0.2, 0.25) is 0 Å². The van der Waals surface area contributed by atoms with Crippen LogP contribution in [-0.4, -0.2) is 75.9 Å². The molecule has 3 amide bonds. The number of amides is 3. The molecule has 0 radical (unpaired) electrons. The fourth-order valence-electron chi connectivity index (χ4n) is 2.09. The highest BCUT2D eigenvalue weighted by Crippen LogP contribution is 2.06. The van der Waals surface area contributed by atoms with Crippen LogP contribution in [0, 0.1) is 5.92 Å². The van der Waals surface area contributed by atoms with Crippen LogP contribution in [0.4, 0.5) is 0 Å². The summed E-state index contributed by atoms with van der Waals surface area (Å²) < 4.78 is 0. The molecule has 0 spiro atoms. The van der Waals surface area contributed by atoms with E-state index in [-0.39, 0.29) is 12.3 Å². The number of hydrogen-bond acceptors (Lipinski definition) is 7. The summed E-state index contributed by atoms with van der Waals surface area (Å²) in [7, 11) is 0. The van der Waals surface area contributed by atoms with Gasteiger partial charge in [0.15, 0.2) is 0 Å². The number of rotatable bonds is 11. The van der Waals surface area contributed by atoms with Gasteiger partial charge in [0.2, 0.25) is 17.7 Å². The van der Waals surface area contributed by atoms with E-state index < -0.39 is 60.6 Å². The minimum atomic E-state index is -1.41. The van der Waals surface area contributed by atoms with E-state index in [0.717, 1.165) is 0 Å². The molecule has 11 heteroatoms. The summed E-state index contributed by atoms with van der Waals surface area (Å²) in [5.41, 5.74) is 5.41. The smallest absolute Gasteiger partial charge is 0.326 e.